The number of aryl methyl sites for hydroxylation is 1. The van der Waals surface area contributed by atoms with Crippen LogP contribution >= 0.6 is 0 Å². The summed E-state index contributed by atoms with van der Waals surface area (Å²) in [4.78, 5) is 0. The molecule has 4 aromatic carbocycles. The van der Waals surface area contributed by atoms with Gasteiger partial charge in [-0.2, -0.15) is 0 Å². The Labute approximate surface area is 232 Å². The molecule has 0 nitrogen and oxygen atoms in total. The molecule has 0 aromatic heterocycles. The lowest BCUT2D eigenvalue weighted by atomic mass is 9.68. The van der Waals surface area contributed by atoms with E-state index in [1.165, 1.54) is 77.6 Å². The fourth-order valence-corrected chi connectivity index (χ4v) is 9.25. The molecule has 4 aromatic rings. The molecule has 1 unspecified atom stereocenters. The third kappa shape index (κ3) is 2.61. The minimum atomic E-state index is -0.132. The van der Waals surface area contributed by atoms with Crippen molar-refractivity contribution in [2.45, 2.75) is 71.1 Å². The molecule has 0 heterocycles. The van der Waals surface area contributed by atoms with Crippen molar-refractivity contribution in [1.29, 1.82) is 0 Å². The van der Waals surface area contributed by atoms with Crippen molar-refractivity contribution in [3.8, 4) is 11.1 Å². The van der Waals surface area contributed by atoms with E-state index in [0.29, 0.717) is 0 Å². The average Bonchev–Trinajstić information content (AvgIpc) is 3.39. The quantitative estimate of drug-likeness (QED) is 0.223. The van der Waals surface area contributed by atoms with Crippen LogP contribution in [0.2, 0.25) is 0 Å². The molecule has 0 radical (unpaired) electrons. The second-order valence-electron chi connectivity index (χ2n) is 13.6. The maximum Gasteiger partial charge on any atom is 0.0443 e. The maximum atomic E-state index is 2.58. The molecule has 1 spiro atoms. The van der Waals surface area contributed by atoms with E-state index in [-0.39, 0.29) is 16.2 Å². The van der Waals surface area contributed by atoms with Crippen molar-refractivity contribution in [2.24, 2.45) is 0 Å². The van der Waals surface area contributed by atoms with E-state index in [1.54, 1.807) is 5.56 Å². The summed E-state index contributed by atoms with van der Waals surface area (Å²) in [7, 11) is 0. The van der Waals surface area contributed by atoms with Gasteiger partial charge in [0, 0.05) is 16.2 Å². The predicted molar refractivity (Wildman–Crippen MR) is 166 cm³/mol. The van der Waals surface area contributed by atoms with Gasteiger partial charge in [0.1, 0.15) is 0 Å². The van der Waals surface area contributed by atoms with Crippen molar-refractivity contribution in [1.82, 2.24) is 0 Å². The lowest BCUT2D eigenvalue weighted by molar-refractivity contribution is 0.638. The van der Waals surface area contributed by atoms with Crippen LogP contribution in [0.1, 0.15) is 86.9 Å². The van der Waals surface area contributed by atoms with Gasteiger partial charge >= 0.3 is 0 Å². The van der Waals surface area contributed by atoms with E-state index in [2.05, 4.69) is 127 Å². The van der Waals surface area contributed by atoms with E-state index in [0.717, 1.165) is 6.42 Å². The summed E-state index contributed by atoms with van der Waals surface area (Å²) in [6, 6.07) is 25.8. The Kier molecular flexibility index (Phi) is 4.24. The van der Waals surface area contributed by atoms with Gasteiger partial charge in [0.05, 0.1) is 0 Å². The van der Waals surface area contributed by atoms with Gasteiger partial charge in [0.25, 0.3) is 0 Å². The van der Waals surface area contributed by atoms with Crippen LogP contribution in [0.3, 0.4) is 0 Å². The average molecular weight is 505 g/mol. The van der Waals surface area contributed by atoms with Crippen molar-refractivity contribution < 1.29 is 0 Å². The SMILES string of the molecule is CC1=CC2(CC(C)=C1)c1ccc3c(c1-c1cc(C)c4ccccc4c12)C(C)(C)C1=C3C(C)(C)c2ccccc21. The molecule has 0 aliphatic heterocycles. The Morgan fingerprint density at radius 2 is 1.31 bits per heavy atom. The second kappa shape index (κ2) is 7.11. The van der Waals surface area contributed by atoms with Crippen LogP contribution in [0.25, 0.3) is 33.0 Å². The van der Waals surface area contributed by atoms with E-state index in [4.69, 9.17) is 0 Å². The van der Waals surface area contributed by atoms with Gasteiger partial charge in [-0.05, 0) is 99.2 Å². The number of allylic oxidation sites excluding steroid dienone is 6. The zero-order valence-electron chi connectivity index (χ0n) is 24.2. The van der Waals surface area contributed by atoms with Gasteiger partial charge in [-0.1, -0.05) is 118 Å². The van der Waals surface area contributed by atoms with Gasteiger partial charge in [-0.25, -0.2) is 0 Å². The first kappa shape index (κ1) is 23.3. The summed E-state index contributed by atoms with van der Waals surface area (Å²) in [6.07, 6.45) is 6.01. The fraction of sp³-hybridized carbons (Fsp3) is 0.282. The highest BCUT2D eigenvalue weighted by molar-refractivity contribution is 6.12. The molecule has 0 saturated carbocycles. The van der Waals surface area contributed by atoms with E-state index < -0.39 is 0 Å². The topological polar surface area (TPSA) is 0 Å². The third-order valence-electron chi connectivity index (χ3n) is 10.4. The molecule has 0 amide bonds. The standard InChI is InChI=1S/C39H36/c1-22-18-23(2)21-39(20-22)31-17-16-28-34(32(31)29-19-24(3)25-12-8-9-13-26(25)33(29)39)38(6,7)35-27-14-10-11-15-30(27)37(4,5)36(28)35/h8-20H,21H2,1-7H3. The number of rotatable bonds is 0. The van der Waals surface area contributed by atoms with Crippen molar-refractivity contribution in [3.05, 3.63) is 129 Å². The van der Waals surface area contributed by atoms with Crippen LogP contribution in [-0.2, 0) is 16.2 Å². The Hall–Kier alpha value is -3.64. The van der Waals surface area contributed by atoms with Gasteiger partial charge in [-0.15, -0.1) is 0 Å². The number of hydrogen-bond donors (Lipinski definition) is 0. The molecular formula is C39H36. The van der Waals surface area contributed by atoms with Crippen molar-refractivity contribution in [2.75, 3.05) is 0 Å². The number of fused-ring (bicyclic) bond motifs is 12. The molecule has 0 saturated heterocycles. The molecule has 0 fully saturated rings. The summed E-state index contributed by atoms with van der Waals surface area (Å²) in [6.45, 7) is 16.7. The Morgan fingerprint density at radius 3 is 2.08 bits per heavy atom. The monoisotopic (exact) mass is 504 g/mol. The van der Waals surface area contributed by atoms with Crippen LogP contribution in [0.4, 0.5) is 0 Å². The van der Waals surface area contributed by atoms with Crippen LogP contribution in [0.15, 0.2) is 90.0 Å². The van der Waals surface area contributed by atoms with Gasteiger partial charge < -0.3 is 0 Å². The largest absolute Gasteiger partial charge is 0.0715 e. The Morgan fingerprint density at radius 1 is 0.615 bits per heavy atom. The first-order chi connectivity index (χ1) is 18.6. The van der Waals surface area contributed by atoms with Crippen LogP contribution in [-0.4, -0.2) is 0 Å². The number of hydrogen-bond acceptors (Lipinski definition) is 0. The van der Waals surface area contributed by atoms with Crippen molar-refractivity contribution >= 4 is 21.9 Å². The molecule has 0 N–H and O–H groups in total. The third-order valence-corrected chi connectivity index (χ3v) is 10.4. The van der Waals surface area contributed by atoms with Gasteiger partial charge in [0.2, 0.25) is 0 Å². The van der Waals surface area contributed by atoms with E-state index >= 15 is 0 Å². The molecular weight excluding hydrogens is 468 g/mol. The van der Waals surface area contributed by atoms with Crippen LogP contribution in [0.5, 0.6) is 0 Å². The summed E-state index contributed by atoms with van der Waals surface area (Å²) >= 11 is 0. The lowest BCUT2D eigenvalue weighted by Crippen LogP contribution is -2.26. The normalized spacial score (nSPS) is 22.8. The van der Waals surface area contributed by atoms with Crippen molar-refractivity contribution in [3.63, 3.8) is 0 Å². The molecule has 0 bridgehead atoms. The Balaban J connectivity index is 1.52. The van der Waals surface area contributed by atoms with Gasteiger partial charge in [0.15, 0.2) is 0 Å². The summed E-state index contributed by atoms with van der Waals surface area (Å²) in [5.41, 5.74) is 19.0. The number of benzene rings is 4. The zero-order chi connectivity index (χ0) is 27.1. The minimum absolute atomic E-state index is 0.0121. The molecule has 39 heavy (non-hydrogen) atoms. The predicted octanol–water partition coefficient (Wildman–Crippen LogP) is 10.2. The zero-order valence-corrected chi connectivity index (χ0v) is 24.2. The molecule has 4 aliphatic rings. The lowest BCUT2D eigenvalue weighted by Gasteiger charge is -2.35. The Bertz CT molecular complexity index is 1900. The van der Waals surface area contributed by atoms with E-state index in [1.807, 2.05) is 0 Å². The molecule has 192 valence electrons. The molecule has 4 aliphatic carbocycles. The fourth-order valence-electron chi connectivity index (χ4n) is 9.25. The molecule has 1 atom stereocenters. The van der Waals surface area contributed by atoms with Gasteiger partial charge in [-0.3, -0.25) is 0 Å². The molecule has 0 heteroatoms. The maximum absolute atomic E-state index is 2.58. The van der Waals surface area contributed by atoms with E-state index in [9.17, 15) is 0 Å². The second-order valence-corrected chi connectivity index (χ2v) is 13.6. The highest BCUT2D eigenvalue weighted by atomic mass is 14.6. The summed E-state index contributed by atoms with van der Waals surface area (Å²) < 4.78 is 0. The first-order valence-corrected chi connectivity index (χ1v) is 14.5. The highest BCUT2D eigenvalue weighted by Gasteiger charge is 2.54. The minimum Gasteiger partial charge on any atom is -0.0715 e. The molecule has 8 rings (SSSR count). The van der Waals surface area contributed by atoms with Crippen LogP contribution in [0, 0.1) is 6.92 Å². The highest BCUT2D eigenvalue weighted by Crippen LogP contribution is 2.67. The smallest absolute Gasteiger partial charge is 0.0443 e. The summed E-state index contributed by atoms with van der Waals surface area (Å²) in [5, 5.41) is 2.80. The summed E-state index contributed by atoms with van der Waals surface area (Å²) in [5.74, 6) is 0. The van der Waals surface area contributed by atoms with Crippen LogP contribution < -0.4 is 0 Å². The first-order valence-electron chi connectivity index (χ1n) is 14.5.